The average Bonchev–Trinajstić information content (AvgIpc) is 2.63. The van der Waals surface area contributed by atoms with E-state index in [4.69, 9.17) is 0 Å². The molecule has 3 rings (SSSR count). The van der Waals surface area contributed by atoms with Crippen LogP contribution in [0.3, 0.4) is 0 Å². The fraction of sp³-hybridized carbons (Fsp3) is 0.368. The van der Waals surface area contributed by atoms with Gasteiger partial charge in [0.1, 0.15) is 11.7 Å². The fourth-order valence-electron chi connectivity index (χ4n) is 3.46. The van der Waals surface area contributed by atoms with Crippen LogP contribution in [-0.4, -0.2) is 32.8 Å². The zero-order valence-electron chi connectivity index (χ0n) is 14.5. The van der Waals surface area contributed by atoms with Crippen LogP contribution >= 0.6 is 0 Å². The molecule has 0 saturated heterocycles. The van der Waals surface area contributed by atoms with E-state index in [9.17, 15) is 19.5 Å². The number of rotatable bonds is 5. The molecule has 2 aromatic rings. The Kier molecular flexibility index (Phi) is 5.16. The van der Waals surface area contributed by atoms with Crippen molar-refractivity contribution in [3.63, 3.8) is 0 Å². The smallest absolute Gasteiger partial charge is 0.326 e. The van der Waals surface area contributed by atoms with Crippen LogP contribution in [0.2, 0.25) is 0 Å². The van der Waals surface area contributed by atoms with E-state index in [0.717, 1.165) is 23.9 Å². The lowest BCUT2D eigenvalue weighted by Crippen LogP contribution is -2.42. The number of aryl methyl sites for hydroxylation is 2. The second-order valence-electron chi connectivity index (χ2n) is 6.57. The number of amides is 1. The highest BCUT2D eigenvalue weighted by atomic mass is 16.4. The number of carboxylic acid groups (broad SMARTS) is 1. The van der Waals surface area contributed by atoms with Crippen LogP contribution in [0, 0.1) is 0 Å². The number of benzene rings is 1. The van der Waals surface area contributed by atoms with Gasteiger partial charge in [-0.15, -0.1) is 0 Å². The number of carbonyl (C=O) groups excluding carboxylic acids is 1. The summed E-state index contributed by atoms with van der Waals surface area (Å²) in [7, 11) is 1.44. The molecule has 136 valence electrons. The fourth-order valence-corrected chi connectivity index (χ4v) is 3.46. The van der Waals surface area contributed by atoms with Gasteiger partial charge in [-0.1, -0.05) is 24.3 Å². The molecule has 0 bridgehead atoms. The van der Waals surface area contributed by atoms with Gasteiger partial charge in [0.25, 0.3) is 11.5 Å². The van der Waals surface area contributed by atoms with Crippen LogP contribution in [0.1, 0.15) is 46.8 Å². The predicted molar refractivity (Wildman–Crippen MR) is 95.1 cm³/mol. The molecule has 1 heterocycles. The molecule has 0 aliphatic heterocycles. The molecule has 7 heteroatoms. The molecule has 7 nitrogen and oxygen atoms in total. The van der Waals surface area contributed by atoms with E-state index in [0.29, 0.717) is 6.42 Å². The lowest BCUT2D eigenvalue weighted by Gasteiger charge is -2.28. The van der Waals surface area contributed by atoms with Gasteiger partial charge in [0.15, 0.2) is 0 Å². The van der Waals surface area contributed by atoms with Gasteiger partial charge in [-0.2, -0.15) is 5.10 Å². The van der Waals surface area contributed by atoms with Crippen LogP contribution in [0.25, 0.3) is 0 Å². The molecule has 1 aliphatic carbocycles. The summed E-state index contributed by atoms with van der Waals surface area (Å²) in [6, 6.07) is 9.57. The molecule has 26 heavy (non-hydrogen) atoms. The maximum atomic E-state index is 12.4. The summed E-state index contributed by atoms with van der Waals surface area (Å²) in [5.74, 6) is -1.59. The maximum absolute atomic E-state index is 12.4. The van der Waals surface area contributed by atoms with Gasteiger partial charge in [-0.3, -0.25) is 9.59 Å². The quantitative estimate of drug-likeness (QED) is 0.846. The van der Waals surface area contributed by atoms with E-state index in [1.807, 2.05) is 18.2 Å². The van der Waals surface area contributed by atoms with E-state index in [1.54, 1.807) is 0 Å². The SMILES string of the molecule is Cn1nc(C(=O)NC(CC2CCCc3ccccc32)C(=O)O)ccc1=O. The normalized spacial score (nSPS) is 17.2. The highest BCUT2D eigenvalue weighted by Gasteiger charge is 2.28. The number of carbonyl (C=O) groups is 2. The first kappa shape index (κ1) is 17.8. The van der Waals surface area contributed by atoms with E-state index < -0.39 is 17.9 Å². The highest BCUT2D eigenvalue weighted by Crippen LogP contribution is 2.34. The Morgan fingerprint density at radius 2 is 2.08 bits per heavy atom. The van der Waals surface area contributed by atoms with Crippen LogP contribution < -0.4 is 10.9 Å². The minimum atomic E-state index is -1.08. The van der Waals surface area contributed by atoms with Crippen LogP contribution in [-0.2, 0) is 18.3 Å². The summed E-state index contributed by atoms with van der Waals surface area (Å²) >= 11 is 0. The number of nitrogens with zero attached hydrogens (tertiary/aromatic N) is 2. The molecule has 1 aliphatic rings. The van der Waals surface area contributed by atoms with Crippen LogP contribution in [0.4, 0.5) is 0 Å². The van der Waals surface area contributed by atoms with Gasteiger partial charge in [-0.25, -0.2) is 9.48 Å². The first-order valence-corrected chi connectivity index (χ1v) is 8.61. The number of hydrogen-bond acceptors (Lipinski definition) is 4. The van der Waals surface area contributed by atoms with Crippen molar-refractivity contribution in [1.29, 1.82) is 0 Å². The number of hydrogen-bond donors (Lipinski definition) is 2. The van der Waals surface area contributed by atoms with Gasteiger partial charge in [0.05, 0.1) is 0 Å². The molecular weight excluding hydrogens is 334 g/mol. The van der Waals surface area contributed by atoms with Crippen molar-refractivity contribution in [2.24, 2.45) is 7.05 Å². The average molecular weight is 355 g/mol. The lowest BCUT2D eigenvalue weighted by atomic mass is 9.79. The third-order valence-electron chi connectivity index (χ3n) is 4.81. The van der Waals surface area contributed by atoms with Crippen molar-refractivity contribution in [3.8, 4) is 0 Å². The third kappa shape index (κ3) is 3.82. The second-order valence-corrected chi connectivity index (χ2v) is 6.57. The molecule has 2 atom stereocenters. The van der Waals surface area contributed by atoms with Crippen molar-refractivity contribution in [2.75, 3.05) is 0 Å². The van der Waals surface area contributed by atoms with Gasteiger partial charge in [0.2, 0.25) is 0 Å². The summed E-state index contributed by atoms with van der Waals surface area (Å²) in [5, 5.41) is 16.0. The standard InChI is InChI=1S/C19H21N3O4/c1-22-17(23)10-9-15(21-22)18(24)20-16(19(25)26)11-13-7-4-6-12-5-2-3-8-14(12)13/h2-3,5,8-10,13,16H,4,6-7,11H2,1H3,(H,20,24)(H,25,26). The molecule has 0 spiro atoms. The van der Waals surface area contributed by atoms with Gasteiger partial charge < -0.3 is 10.4 Å². The molecule has 1 aromatic heterocycles. The Morgan fingerprint density at radius 1 is 1.31 bits per heavy atom. The number of aliphatic carboxylic acids is 1. The first-order valence-electron chi connectivity index (χ1n) is 8.61. The first-order chi connectivity index (χ1) is 12.5. The molecule has 0 saturated carbocycles. The van der Waals surface area contributed by atoms with Gasteiger partial charge >= 0.3 is 5.97 Å². The van der Waals surface area contributed by atoms with Crippen molar-refractivity contribution < 1.29 is 14.7 Å². The van der Waals surface area contributed by atoms with Crippen molar-refractivity contribution in [2.45, 2.75) is 37.6 Å². The zero-order valence-corrected chi connectivity index (χ0v) is 14.5. The van der Waals surface area contributed by atoms with E-state index in [1.165, 1.54) is 30.3 Å². The Hall–Kier alpha value is -2.96. The molecule has 1 amide bonds. The minimum Gasteiger partial charge on any atom is -0.480 e. The largest absolute Gasteiger partial charge is 0.480 e. The highest BCUT2D eigenvalue weighted by molar-refractivity contribution is 5.94. The molecule has 2 N–H and O–H groups in total. The maximum Gasteiger partial charge on any atom is 0.326 e. The summed E-state index contributed by atoms with van der Waals surface area (Å²) in [6.45, 7) is 0. The number of carboxylic acids is 1. The third-order valence-corrected chi connectivity index (χ3v) is 4.81. The topological polar surface area (TPSA) is 101 Å². The minimum absolute atomic E-state index is 0.0161. The Balaban J connectivity index is 1.76. The van der Waals surface area contributed by atoms with Crippen molar-refractivity contribution >= 4 is 11.9 Å². The summed E-state index contributed by atoms with van der Waals surface area (Å²) < 4.78 is 1.04. The van der Waals surface area contributed by atoms with Crippen LogP contribution in [0.5, 0.6) is 0 Å². The van der Waals surface area contributed by atoms with Crippen molar-refractivity contribution in [3.05, 3.63) is 63.6 Å². The molecule has 2 unspecified atom stereocenters. The Morgan fingerprint density at radius 3 is 2.81 bits per heavy atom. The summed E-state index contributed by atoms with van der Waals surface area (Å²) in [6.07, 6.45) is 3.22. The molecule has 1 aromatic carbocycles. The number of nitrogens with one attached hydrogen (secondary N) is 1. The monoisotopic (exact) mass is 355 g/mol. The van der Waals surface area contributed by atoms with E-state index in [2.05, 4.69) is 16.5 Å². The number of aromatic nitrogens is 2. The second kappa shape index (κ2) is 7.51. The molecular formula is C19H21N3O4. The van der Waals surface area contributed by atoms with Crippen LogP contribution in [0.15, 0.2) is 41.2 Å². The molecule has 0 radical (unpaired) electrons. The summed E-state index contributed by atoms with van der Waals surface area (Å²) in [5.41, 5.74) is 2.09. The predicted octanol–water partition coefficient (Wildman–Crippen LogP) is 1.47. The number of fused-ring (bicyclic) bond motifs is 1. The van der Waals surface area contributed by atoms with Crippen molar-refractivity contribution in [1.82, 2.24) is 15.1 Å². The van der Waals surface area contributed by atoms with E-state index in [-0.39, 0.29) is 17.2 Å². The van der Waals surface area contributed by atoms with E-state index >= 15 is 0 Å². The lowest BCUT2D eigenvalue weighted by molar-refractivity contribution is -0.139. The zero-order chi connectivity index (χ0) is 18.7. The Bertz CT molecular complexity index is 890. The Labute approximate surface area is 150 Å². The summed E-state index contributed by atoms with van der Waals surface area (Å²) in [4.78, 5) is 35.4. The van der Waals surface area contributed by atoms with Gasteiger partial charge in [-0.05, 0) is 48.8 Å². The molecule has 0 fully saturated rings. The van der Waals surface area contributed by atoms with Gasteiger partial charge in [0, 0.05) is 13.1 Å².